The van der Waals surface area contributed by atoms with Crippen molar-refractivity contribution in [1.29, 1.82) is 0 Å². The lowest BCUT2D eigenvalue weighted by Crippen LogP contribution is -2.11. The van der Waals surface area contributed by atoms with Gasteiger partial charge in [0.05, 0.1) is 16.8 Å². The van der Waals surface area contributed by atoms with Crippen molar-refractivity contribution >= 4 is 93.3 Å². The molecule has 0 bridgehead atoms. The molecule has 0 spiro atoms. The average molecular weight is 652 g/mol. The van der Waals surface area contributed by atoms with Gasteiger partial charge in [0.15, 0.2) is 0 Å². The van der Waals surface area contributed by atoms with E-state index in [1.807, 2.05) is 18.2 Å². The van der Waals surface area contributed by atoms with Crippen molar-refractivity contribution in [2.75, 3.05) is 4.90 Å². The largest absolute Gasteiger partial charge is 0.456 e. The molecule has 0 unspecified atom stereocenters. The molecule has 3 nitrogen and oxygen atoms in total. The lowest BCUT2D eigenvalue weighted by Gasteiger charge is -2.28. The van der Waals surface area contributed by atoms with E-state index in [1.165, 1.54) is 32.3 Å². The van der Waals surface area contributed by atoms with Crippen LogP contribution in [0.5, 0.6) is 0 Å². The third-order valence-corrected chi connectivity index (χ3v) is 10.4. The Labute approximate surface area is 293 Å². The van der Waals surface area contributed by atoms with Crippen molar-refractivity contribution in [3.63, 3.8) is 0 Å². The Hall–Kier alpha value is -6.84. The van der Waals surface area contributed by atoms with Gasteiger partial charge in [-0.1, -0.05) is 127 Å². The van der Waals surface area contributed by atoms with E-state index in [0.717, 1.165) is 72.1 Å². The number of benzene rings is 9. The van der Waals surface area contributed by atoms with E-state index in [4.69, 9.17) is 8.83 Å². The first-order valence-electron chi connectivity index (χ1n) is 17.3. The minimum absolute atomic E-state index is 0.851. The average Bonchev–Trinajstić information content (AvgIpc) is 3.77. The van der Waals surface area contributed by atoms with Crippen LogP contribution in [-0.4, -0.2) is 0 Å². The number of furan rings is 2. The highest BCUT2D eigenvalue weighted by Gasteiger charge is 2.25. The van der Waals surface area contributed by atoms with Crippen molar-refractivity contribution in [3.8, 4) is 11.1 Å². The van der Waals surface area contributed by atoms with Gasteiger partial charge in [-0.3, -0.25) is 0 Å². The summed E-state index contributed by atoms with van der Waals surface area (Å²) in [4.78, 5) is 2.40. The monoisotopic (exact) mass is 651 g/mol. The fourth-order valence-electron chi connectivity index (χ4n) is 8.16. The Bertz CT molecular complexity index is 3160. The Morgan fingerprint density at radius 2 is 0.941 bits per heavy atom. The second-order valence-corrected chi connectivity index (χ2v) is 13.2. The fraction of sp³-hybridized carbons (Fsp3) is 0. The first-order chi connectivity index (χ1) is 25.3. The third kappa shape index (κ3) is 4.19. The van der Waals surface area contributed by atoms with Gasteiger partial charge in [-0.15, -0.1) is 0 Å². The summed E-state index contributed by atoms with van der Waals surface area (Å²) in [5.41, 5.74) is 8.81. The number of nitrogens with zero attached hydrogens (tertiary/aromatic N) is 1. The van der Waals surface area contributed by atoms with Crippen LogP contribution in [0, 0.1) is 0 Å². The summed E-state index contributed by atoms with van der Waals surface area (Å²) in [6, 6.07) is 62.6. The number of anilines is 3. The SMILES string of the molecule is c1ccc2c(-c3ccc(N(c4ccc5c(c4)oc4ccccc45)c4cccc5ccc6ccccc6c45)c4c3oc3ccccc34)cccc2c1. The molecule has 0 radical (unpaired) electrons. The Morgan fingerprint density at radius 3 is 1.80 bits per heavy atom. The Morgan fingerprint density at radius 1 is 0.333 bits per heavy atom. The summed E-state index contributed by atoms with van der Waals surface area (Å²) in [6.07, 6.45) is 0. The maximum absolute atomic E-state index is 6.87. The van der Waals surface area contributed by atoms with Crippen LogP contribution in [0.2, 0.25) is 0 Å². The summed E-state index contributed by atoms with van der Waals surface area (Å²) >= 11 is 0. The highest BCUT2D eigenvalue weighted by atomic mass is 16.3. The van der Waals surface area contributed by atoms with E-state index in [2.05, 4.69) is 163 Å². The molecule has 2 heterocycles. The van der Waals surface area contributed by atoms with Crippen LogP contribution >= 0.6 is 0 Å². The number of rotatable bonds is 4. The summed E-state index contributed by atoms with van der Waals surface area (Å²) in [5, 5.41) is 11.5. The first kappa shape index (κ1) is 28.0. The van der Waals surface area contributed by atoms with Crippen molar-refractivity contribution in [3.05, 3.63) is 176 Å². The van der Waals surface area contributed by atoms with E-state index in [9.17, 15) is 0 Å². The third-order valence-electron chi connectivity index (χ3n) is 10.4. The van der Waals surface area contributed by atoms with Crippen molar-refractivity contribution < 1.29 is 8.83 Å². The molecule has 0 N–H and O–H groups in total. The van der Waals surface area contributed by atoms with Crippen LogP contribution in [0.4, 0.5) is 17.1 Å². The van der Waals surface area contributed by atoms with Gasteiger partial charge in [-0.25, -0.2) is 0 Å². The zero-order chi connectivity index (χ0) is 33.5. The summed E-state index contributed by atoms with van der Waals surface area (Å²) in [7, 11) is 0. The maximum Gasteiger partial charge on any atom is 0.145 e. The zero-order valence-corrected chi connectivity index (χ0v) is 27.5. The molecular formula is C48H29NO2. The molecule has 0 aliphatic carbocycles. The molecule has 2 aromatic heterocycles. The number of hydrogen-bond donors (Lipinski definition) is 0. The van der Waals surface area contributed by atoms with Crippen LogP contribution in [-0.2, 0) is 0 Å². The maximum atomic E-state index is 6.87. The van der Waals surface area contributed by atoms with E-state index in [0.29, 0.717) is 0 Å². The van der Waals surface area contributed by atoms with Gasteiger partial charge < -0.3 is 13.7 Å². The zero-order valence-electron chi connectivity index (χ0n) is 27.5. The van der Waals surface area contributed by atoms with Gasteiger partial charge in [-0.05, 0) is 75.0 Å². The van der Waals surface area contributed by atoms with Gasteiger partial charge in [0.1, 0.15) is 22.3 Å². The number of para-hydroxylation sites is 2. The van der Waals surface area contributed by atoms with E-state index >= 15 is 0 Å². The molecular weight excluding hydrogens is 623 g/mol. The predicted molar refractivity (Wildman–Crippen MR) is 214 cm³/mol. The number of fused-ring (bicyclic) bond motifs is 10. The molecule has 11 rings (SSSR count). The smallest absolute Gasteiger partial charge is 0.145 e. The van der Waals surface area contributed by atoms with E-state index < -0.39 is 0 Å². The molecule has 0 fully saturated rings. The summed E-state index contributed by atoms with van der Waals surface area (Å²) in [6.45, 7) is 0. The minimum atomic E-state index is 0.851. The molecule has 238 valence electrons. The molecule has 51 heavy (non-hydrogen) atoms. The highest BCUT2D eigenvalue weighted by molar-refractivity contribution is 6.21. The topological polar surface area (TPSA) is 29.5 Å². The van der Waals surface area contributed by atoms with Crippen LogP contribution in [0.25, 0.3) is 87.3 Å². The normalized spacial score (nSPS) is 11.9. The van der Waals surface area contributed by atoms with Crippen LogP contribution in [0.1, 0.15) is 0 Å². The molecule has 9 aromatic carbocycles. The van der Waals surface area contributed by atoms with Gasteiger partial charge >= 0.3 is 0 Å². The first-order valence-corrected chi connectivity index (χ1v) is 17.3. The predicted octanol–water partition coefficient (Wildman–Crippen LogP) is 14.1. The molecule has 0 atom stereocenters. The van der Waals surface area contributed by atoms with Crippen LogP contribution in [0.3, 0.4) is 0 Å². The molecule has 0 amide bonds. The molecule has 3 heteroatoms. The number of hydrogen-bond acceptors (Lipinski definition) is 3. The van der Waals surface area contributed by atoms with Gasteiger partial charge in [0.2, 0.25) is 0 Å². The Balaban J connectivity index is 1.27. The highest BCUT2D eigenvalue weighted by Crippen LogP contribution is 2.49. The molecule has 0 saturated heterocycles. The van der Waals surface area contributed by atoms with Crippen molar-refractivity contribution in [2.24, 2.45) is 0 Å². The van der Waals surface area contributed by atoms with Gasteiger partial charge in [0.25, 0.3) is 0 Å². The summed E-state index contributed by atoms with van der Waals surface area (Å²) in [5.74, 6) is 0. The quantitative estimate of drug-likeness (QED) is 0.177. The summed E-state index contributed by atoms with van der Waals surface area (Å²) < 4.78 is 13.4. The standard InChI is InChI=1S/C48H29NO2/c1-3-15-34-30(11-1)13-9-19-36(34)39-27-28-42(47-40-18-6-8-22-44(40)51-48(39)47)49(33-25-26-38-37-17-5-7-21-43(37)50-45(38)29-33)41-20-10-14-32-24-23-31-12-2-4-16-35(31)46(32)41/h1-29H. The molecule has 0 aliphatic rings. The molecule has 0 saturated carbocycles. The van der Waals surface area contributed by atoms with E-state index in [-0.39, 0.29) is 0 Å². The van der Waals surface area contributed by atoms with Crippen LogP contribution in [0.15, 0.2) is 185 Å². The van der Waals surface area contributed by atoms with Gasteiger partial charge in [0, 0.05) is 38.9 Å². The Kier molecular flexibility index (Phi) is 5.96. The van der Waals surface area contributed by atoms with E-state index in [1.54, 1.807) is 0 Å². The second kappa shape index (κ2) is 10.8. The molecule has 0 aliphatic heterocycles. The lowest BCUT2D eigenvalue weighted by atomic mass is 9.95. The minimum Gasteiger partial charge on any atom is -0.456 e. The van der Waals surface area contributed by atoms with Crippen LogP contribution < -0.4 is 4.90 Å². The van der Waals surface area contributed by atoms with Crippen molar-refractivity contribution in [1.82, 2.24) is 0 Å². The lowest BCUT2D eigenvalue weighted by molar-refractivity contribution is 0.669. The second-order valence-electron chi connectivity index (χ2n) is 13.2. The van der Waals surface area contributed by atoms with Gasteiger partial charge in [-0.2, -0.15) is 0 Å². The van der Waals surface area contributed by atoms with Crippen molar-refractivity contribution in [2.45, 2.75) is 0 Å². The fourth-order valence-corrected chi connectivity index (χ4v) is 8.16. The molecule has 11 aromatic rings.